The second-order valence-corrected chi connectivity index (χ2v) is 8.19. The third-order valence-electron chi connectivity index (χ3n) is 5.56. The first-order valence-corrected chi connectivity index (χ1v) is 9.59. The number of nitrogens with one attached hydrogen (secondary N) is 4. The van der Waals surface area contributed by atoms with Crippen LogP contribution in [0.5, 0.6) is 0 Å². The zero-order chi connectivity index (χ0) is 18.6. The minimum Gasteiger partial charge on any atom is -0.383 e. The zero-order valence-corrected chi connectivity index (χ0v) is 15.7. The summed E-state index contributed by atoms with van der Waals surface area (Å²) in [6.07, 6.45) is 5.15. The van der Waals surface area contributed by atoms with Gasteiger partial charge in [0.2, 0.25) is 5.91 Å². The molecular weight excluding hydrogens is 328 g/mol. The van der Waals surface area contributed by atoms with Crippen LogP contribution in [0.15, 0.2) is 24.3 Å². The molecule has 2 fully saturated rings. The molecule has 0 spiro atoms. The molecule has 6 nitrogen and oxygen atoms in total. The Kier molecular flexibility index (Phi) is 5.69. The van der Waals surface area contributed by atoms with Gasteiger partial charge in [0.15, 0.2) is 0 Å². The molecule has 142 valence electrons. The average Bonchev–Trinajstić information content (AvgIpc) is 3.06. The zero-order valence-electron chi connectivity index (χ0n) is 15.7. The number of carbonyl (C=O) groups is 2. The summed E-state index contributed by atoms with van der Waals surface area (Å²) in [5.41, 5.74) is 3.00. The van der Waals surface area contributed by atoms with Crippen molar-refractivity contribution in [2.24, 2.45) is 5.41 Å². The third kappa shape index (κ3) is 4.90. The Morgan fingerprint density at radius 2 is 1.85 bits per heavy atom. The molecule has 26 heavy (non-hydrogen) atoms. The third-order valence-corrected chi connectivity index (χ3v) is 5.56. The van der Waals surface area contributed by atoms with E-state index in [2.05, 4.69) is 59.4 Å². The summed E-state index contributed by atoms with van der Waals surface area (Å²) in [5, 5.41) is 11.3. The van der Waals surface area contributed by atoms with Gasteiger partial charge in [-0.1, -0.05) is 26.0 Å². The van der Waals surface area contributed by atoms with Crippen molar-refractivity contribution in [3.05, 3.63) is 29.8 Å². The lowest BCUT2D eigenvalue weighted by Gasteiger charge is -2.34. The standard InChI is InChI=1S/C20H30N4O2/c1-20(2)9-7-15(8-10-20)14-3-5-16(6-4-14)21-11-12-22-18(25)17-13-23-19(26)24-17/h3-6,15,17,21H,7-13H2,1-2H3,(H,22,25)(H2,23,24,26)/t17-/m1/s1. The van der Waals surface area contributed by atoms with E-state index >= 15 is 0 Å². The molecule has 1 aromatic rings. The van der Waals surface area contributed by atoms with Crippen molar-refractivity contribution in [3.8, 4) is 0 Å². The molecule has 4 N–H and O–H groups in total. The predicted octanol–water partition coefficient (Wildman–Crippen LogP) is 2.58. The van der Waals surface area contributed by atoms with Crippen LogP contribution in [0.2, 0.25) is 0 Å². The summed E-state index contributed by atoms with van der Waals surface area (Å²) in [7, 11) is 0. The highest BCUT2D eigenvalue weighted by molar-refractivity contribution is 5.90. The van der Waals surface area contributed by atoms with Gasteiger partial charge in [-0.3, -0.25) is 4.79 Å². The van der Waals surface area contributed by atoms with Crippen LogP contribution in [0.4, 0.5) is 10.5 Å². The molecule has 0 unspecified atom stereocenters. The van der Waals surface area contributed by atoms with E-state index in [4.69, 9.17) is 0 Å². The molecule has 1 aliphatic heterocycles. The minimum absolute atomic E-state index is 0.152. The number of amides is 3. The van der Waals surface area contributed by atoms with Gasteiger partial charge in [-0.25, -0.2) is 4.79 Å². The molecule has 3 amide bonds. The van der Waals surface area contributed by atoms with Crippen LogP contribution in [-0.2, 0) is 4.79 Å². The molecule has 1 aliphatic carbocycles. The largest absolute Gasteiger partial charge is 0.383 e. The second kappa shape index (κ2) is 7.98. The Labute approximate surface area is 155 Å². The number of rotatable bonds is 6. The maximum atomic E-state index is 11.9. The number of benzene rings is 1. The summed E-state index contributed by atoms with van der Waals surface area (Å²) < 4.78 is 0. The highest BCUT2D eigenvalue weighted by atomic mass is 16.2. The van der Waals surface area contributed by atoms with E-state index in [-0.39, 0.29) is 11.9 Å². The SMILES string of the molecule is CC1(C)CCC(c2ccc(NCCNC(=O)[C@H]3CNC(=O)N3)cc2)CC1. The van der Waals surface area contributed by atoms with E-state index in [0.717, 1.165) is 5.69 Å². The van der Waals surface area contributed by atoms with Crippen LogP contribution in [0.3, 0.4) is 0 Å². The van der Waals surface area contributed by atoms with E-state index in [0.29, 0.717) is 31.0 Å². The number of carbonyl (C=O) groups excluding carboxylic acids is 2. The Morgan fingerprint density at radius 1 is 1.15 bits per heavy atom. The lowest BCUT2D eigenvalue weighted by Crippen LogP contribution is -2.44. The molecular formula is C20H30N4O2. The molecule has 1 atom stereocenters. The Morgan fingerprint density at radius 3 is 2.46 bits per heavy atom. The van der Waals surface area contributed by atoms with Crippen LogP contribution < -0.4 is 21.3 Å². The highest BCUT2D eigenvalue weighted by Gasteiger charge is 2.27. The molecule has 3 rings (SSSR count). The lowest BCUT2D eigenvalue weighted by atomic mass is 9.71. The second-order valence-electron chi connectivity index (χ2n) is 8.19. The van der Waals surface area contributed by atoms with Gasteiger partial charge < -0.3 is 21.3 Å². The minimum atomic E-state index is -0.470. The maximum absolute atomic E-state index is 11.9. The Bertz CT molecular complexity index is 632. The molecule has 0 bridgehead atoms. The molecule has 1 aromatic carbocycles. The van der Waals surface area contributed by atoms with Crippen LogP contribution in [0.25, 0.3) is 0 Å². The number of anilines is 1. The molecule has 1 saturated heterocycles. The van der Waals surface area contributed by atoms with Crippen molar-refractivity contribution in [3.63, 3.8) is 0 Å². The van der Waals surface area contributed by atoms with Crippen molar-refractivity contribution in [2.75, 3.05) is 25.0 Å². The number of urea groups is 1. The lowest BCUT2D eigenvalue weighted by molar-refractivity contribution is -0.122. The fourth-order valence-electron chi connectivity index (χ4n) is 3.73. The van der Waals surface area contributed by atoms with E-state index in [1.165, 1.54) is 31.2 Å². The summed E-state index contributed by atoms with van der Waals surface area (Å²) >= 11 is 0. The normalized spacial score (nSPS) is 22.4. The van der Waals surface area contributed by atoms with Gasteiger partial charge in [-0.2, -0.15) is 0 Å². The van der Waals surface area contributed by atoms with Gasteiger partial charge in [0.25, 0.3) is 0 Å². The van der Waals surface area contributed by atoms with E-state index in [9.17, 15) is 9.59 Å². The quantitative estimate of drug-likeness (QED) is 0.590. The van der Waals surface area contributed by atoms with Crippen molar-refractivity contribution in [1.82, 2.24) is 16.0 Å². The fourth-order valence-corrected chi connectivity index (χ4v) is 3.73. The van der Waals surface area contributed by atoms with Crippen LogP contribution in [0.1, 0.15) is 51.0 Å². The molecule has 0 radical (unpaired) electrons. The van der Waals surface area contributed by atoms with Gasteiger partial charge >= 0.3 is 6.03 Å². The Hall–Kier alpha value is -2.24. The van der Waals surface area contributed by atoms with Crippen molar-refractivity contribution in [2.45, 2.75) is 51.5 Å². The number of hydrogen-bond donors (Lipinski definition) is 4. The predicted molar refractivity (Wildman–Crippen MR) is 103 cm³/mol. The monoisotopic (exact) mass is 358 g/mol. The summed E-state index contributed by atoms with van der Waals surface area (Å²) in [6, 6.07) is 7.94. The van der Waals surface area contributed by atoms with Gasteiger partial charge in [-0.15, -0.1) is 0 Å². The summed E-state index contributed by atoms with van der Waals surface area (Å²) in [5.74, 6) is 0.535. The first-order valence-electron chi connectivity index (χ1n) is 9.59. The highest BCUT2D eigenvalue weighted by Crippen LogP contribution is 2.42. The summed E-state index contributed by atoms with van der Waals surface area (Å²) in [6.45, 7) is 6.25. The van der Waals surface area contributed by atoms with Gasteiger partial charge in [0.05, 0.1) is 0 Å². The van der Waals surface area contributed by atoms with Gasteiger partial charge in [0, 0.05) is 25.3 Å². The van der Waals surface area contributed by atoms with Crippen LogP contribution in [0, 0.1) is 5.41 Å². The first-order chi connectivity index (χ1) is 12.4. The van der Waals surface area contributed by atoms with Gasteiger partial charge in [-0.05, 0) is 54.7 Å². The molecule has 1 heterocycles. The molecule has 2 aliphatic rings. The van der Waals surface area contributed by atoms with Crippen molar-refractivity contribution < 1.29 is 9.59 Å². The maximum Gasteiger partial charge on any atom is 0.315 e. The van der Waals surface area contributed by atoms with Crippen LogP contribution in [-0.4, -0.2) is 37.6 Å². The van der Waals surface area contributed by atoms with E-state index in [1.807, 2.05) is 0 Å². The van der Waals surface area contributed by atoms with Crippen molar-refractivity contribution in [1.29, 1.82) is 0 Å². The Balaban J connectivity index is 1.38. The van der Waals surface area contributed by atoms with Gasteiger partial charge in [0.1, 0.15) is 6.04 Å². The van der Waals surface area contributed by atoms with Crippen LogP contribution >= 0.6 is 0 Å². The topological polar surface area (TPSA) is 82.3 Å². The van der Waals surface area contributed by atoms with E-state index < -0.39 is 6.04 Å². The van der Waals surface area contributed by atoms with E-state index in [1.54, 1.807) is 0 Å². The van der Waals surface area contributed by atoms with Crippen molar-refractivity contribution >= 4 is 17.6 Å². The molecule has 6 heteroatoms. The fraction of sp³-hybridized carbons (Fsp3) is 0.600. The summed E-state index contributed by atoms with van der Waals surface area (Å²) in [4.78, 5) is 22.9. The smallest absolute Gasteiger partial charge is 0.315 e. The molecule has 1 saturated carbocycles. The average molecular weight is 358 g/mol. The number of hydrogen-bond acceptors (Lipinski definition) is 3. The first kappa shape index (κ1) is 18.5. The molecule has 0 aromatic heterocycles.